The fourth-order valence-electron chi connectivity index (χ4n) is 4.77. The maximum atomic E-state index is 13.2. The Balaban J connectivity index is 1.51. The molecule has 27 heavy (non-hydrogen) atoms. The minimum absolute atomic E-state index is 0.0620. The molecule has 2 atom stereocenters. The van der Waals surface area contributed by atoms with Crippen LogP contribution in [0.5, 0.6) is 0 Å². The van der Waals surface area contributed by atoms with Crippen LogP contribution >= 0.6 is 0 Å². The summed E-state index contributed by atoms with van der Waals surface area (Å²) in [5.74, 6) is 1.40. The summed E-state index contributed by atoms with van der Waals surface area (Å²) in [6, 6.07) is 13.8. The maximum absolute atomic E-state index is 13.2. The molecule has 2 aromatic heterocycles. The van der Waals surface area contributed by atoms with Gasteiger partial charge in [0.2, 0.25) is 0 Å². The van der Waals surface area contributed by atoms with E-state index in [-0.39, 0.29) is 5.91 Å². The van der Waals surface area contributed by atoms with E-state index < -0.39 is 0 Å². The highest BCUT2D eigenvalue weighted by Gasteiger charge is 2.33. The molecule has 5 heteroatoms. The van der Waals surface area contributed by atoms with E-state index in [1.165, 1.54) is 25.7 Å². The van der Waals surface area contributed by atoms with E-state index in [4.69, 9.17) is 4.98 Å². The van der Waals surface area contributed by atoms with Crippen LogP contribution in [0.25, 0.3) is 16.7 Å². The van der Waals surface area contributed by atoms with Crippen molar-refractivity contribution in [2.24, 2.45) is 11.8 Å². The number of piperidine rings is 1. The highest BCUT2D eigenvalue weighted by atomic mass is 16.2. The third-order valence-electron chi connectivity index (χ3n) is 6.07. The first-order valence-corrected chi connectivity index (χ1v) is 9.90. The molecule has 138 valence electrons. The van der Waals surface area contributed by atoms with Gasteiger partial charge in [-0.15, -0.1) is 0 Å². The summed E-state index contributed by atoms with van der Waals surface area (Å²) in [4.78, 5) is 19.9. The van der Waals surface area contributed by atoms with Crippen LogP contribution in [0.2, 0.25) is 0 Å². The summed E-state index contributed by atoms with van der Waals surface area (Å²) < 4.78 is 1.84. The summed E-state index contributed by atoms with van der Waals surface area (Å²) in [6.07, 6.45) is 5.12. The Hall–Kier alpha value is -2.69. The zero-order valence-corrected chi connectivity index (χ0v) is 15.6. The number of benzene rings is 1. The summed E-state index contributed by atoms with van der Waals surface area (Å²) in [6.45, 7) is 3.74. The van der Waals surface area contributed by atoms with Crippen molar-refractivity contribution >= 4 is 16.9 Å². The van der Waals surface area contributed by atoms with Gasteiger partial charge in [0.05, 0.1) is 11.4 Å². The minimum atomic E-state index is 0.0620. The van der Waals surface area contributed by atoms with Gasteiger partial charge in [-0.2, -0.15) is 5.10 Å². The molecule has 5 rings (SSSR count). The van der Waals surface area contributed by atoms with Crippen molar-refractivity contribution in [2.45, 2.75) is 32.6 Å². The predicted octanol–water partition coefficient (Wildman–Crippen LogP) is 3.99. The molecular formula is C22H24N4O. The van der Waals surface area contributed by atoms with Crippen molar-refractivity contribution < 1.29 is 4.79 Å². The molecule has 1 saturated carbocycles. The molecule has 1 saturated heterocycles. The smallest absolute Gasteiger partial charge is 0.272 e. The van der Waals surface area contributed by atoms with Crippen LogP contribution < -0.4 is 0 Å². The molecule has 0 spiro atoms. The zero-order chi connectivity index (χ0) is 18.4. The topological polar surface area (TPSA) is 51.0 Å². The Morgan fingerprint density at radius 2 is 1.78 bits per heavy atom. The van der Waals surface area contributed by atoms with Gasteiger partial charge in [0.1, 0.15) is 5.69 Å². The Kier molecular flexibility index (Phi) is 3.96. The van der Waals surface area contributed by atoms with Crippen LogP contribution in [0.3, 0.4) is 0 Å². The van der Waals surface area contributed by atoms with Gasteiger partial charge in [0.25, 0.3) is 5.91 Å². The fraction of sp³-hybridized carbons (Fsp3) is 0.409. The van der Waals surface area contributed by atoms with E-state index in [0.717, 1.165) is 35.5 Å². The molecule has 2 fully saturated rings. The normalized spacial score (nSPS) is 22.2. The molecule has 3 heterocycles. The number of aryl methyl sites for hydroxylation is 1. The summed E-state index contributed by atoms with van der Waals surface area (Å²) in [7, 11) is 0. The molecule has 5 nitrogen and oxygen atoms in total. The number of amides is 1. The molecule has 3 aromatic rings. The van der Waals surface area contributed by atoms with Crippen LogP contribution in [0.1, 0.15) is 41.9 Å². The predicted molar refractivity (Wildman–Crippen MR) is 105 cm³/mol. The Morgan fingerprint density at radius 1 is 1.04 bits per heavy atom. The van der Waals surface area contributed by atoms with Gasteiger partial charge in [-0.25, -0.2) is 9.67 Å². The van der Waals surface area contributed by atoms with Crippen LogP contribution in [-0.4, -0.2) is 38.7 Å². The Labute approximate surface area is 159 Å². The summed E-state index contributed by atoms with van der Waals surface area (Å²) >= 11 is 0. The number of carbonyl (C=O) groups excluding carboxylic acids is 1. The van der Waals surface area contributed by atoms with Crippen molar-refractivity contribution in [3.63, 3.8) is 0 Å². The molecule has 0 radical (unpaired) electrons. The average Bonchev–Trinajstić information content (AvgIpc) is 3.04. The van der Waals surface area contributed by atoms with Crippen LogP contribution in [-0.2, 0) is 0 Å². The quantitative estimate of drug-likeness (QED) is 0.694. The Bertz CT molecular complexity index is 982. The molecule has 0 N–H and O–H groups in total. The number of para-hydroxylation sites is 1. The molecule has 1 aliphatic heterocycles. The van der Waals surface area contributed by atoms with Crippen molar-refractivity contribution in [1.82, 2.24) is 19.7 Å². The van der Waals surface area contributed by atoms with Crippen LogP contribution in [0.4, 0.5) is 0 Å². The lowest BCUT2D eigenvalue weighted by molar-refractivity contribution is 0.0499. The number of aromatic nitrogens is 3. The number of nitrogens with zero attached hydrogens (tertiary/aromatic N) is 4. The standard InChI is InChI=1S/C22H24N4O/c1-15-19-10-11-20(22(27)25-13-16-6-5-7-17(12-16)14-25)23-21(19)26(24-15)18-8-3-2-4-9-18/h2-4,8-11,16-17H,5-7,12-14H2,1H3. The SMILES string of the molecule is Cc1nn(-c2ccccc2)c2nc(C(=O)N3CC4CCCC(C4)C3)ccc12. The average molecular weight is 360 g/mol. The van der Waals surface area contributed by atoms with Gasteiger partial charge >= 0.3 is 0 Å². The second-order valence-electron chi connectivity index (χ2n) is 8.01. The summed E-state index contributed by atoms with van der Waals surface area (Å²) in [5, 5.41) is 5.64. The molecule has 1 aliphatic carbocycles. The molecule has 2 aliphatic rings. The maximum Gasteiger partial charge on any atom is 0.272 e. The number of hydrogen-bond acceptors (Lipinski definition) is 3. The first-order valence-electron chi connectivity index (χ1n) is 9.90. The third-order valence-corrected chi connectivity index (χ3v) is 6.07. The number of fused-ring (bicyclic) bond motifs is 3. The van der Waals surface area contributed by atoms with E-state index in [1.807, 2.05) is 59.0 Å². The van der Waals surface area contributed by atoms with Crippen LogP contribution in [0.15, 0.2) is 42.5 Å². The van der Waals surface area contributed by atoms with Gasteiger partial charge in [-0.1, -0.05) is 24.6 Å². The van der Waals surface area contributed by atoms with Crippen molar-refractivity contribution in [3.8, 4) is 5.69 Å². The van der Waals surface area contributed by atoms with E-state index in [0.29, 0.717) is 17.5 Å². The first-order chi connectivity index (χ1) is 13.2. The second kappa shape index (κ2) is 6.48. The van der Waals surface area contributed by atoms with E-state index in [1.54, 1.807) is 0 Å². The van der Waals surface area contributed by atoms with Crippen molar-refractivity contribution in [1.29, 1.82) is 0 Å². The molecule has 1 aromatic carbocycles. The number of rotatable bonds is 2. The van der Waals surface area contributed by atoms with E-state index in [2.05, 4.69) is 5.10 Å². The Morgan fingerprint density at radius 3 is 2.52 bits per heavy atom. The molecule has 1 amide bonds. The zero-order valence-electron chi connectivity index (χ0n) is 15.6. The lowest BCUT2D eigenvalue weighted by Crippen LogP contribution is -2.45. The van der Waals surface area contributed by atoms with Crippen molar-refractivity contribution in [3.05, 3.63) is 53.9 Å². The van der Waals surface area contributed by atoms with Gasteiger partial charge in [-0.05, 0) is 62.3 Å². The fourth-order valence-corrected chi connectivity index (χ4v) is 4.77. The number of pyridine rings is 1. The van der Waals surface area contributed by atoms with Crippen molar-refractivity contribution in [2.75, 3.05) is 13.1 Å². The molecule has 2 bridgehead atoms. The van der Waals surface area contributed by atoms with Crippen LogP contribution in [0, 0.1) is 18.8 Å². The lowest BCUT2D eigenvalue weighted by Gasteiger charge is -2.41. The number of likely N-dealkylation sites (tertiary alicyclic amines) is 1. The highest BCUT2D eigenvalue weighted by molar-refractivity contribution is 5.95. The lowest BCUT2D eigenvalue weighted by atomic mass is 9.78. The molecular weight excluding hydrogens is 336 g/mol. The first kappa shape index (κ1) is 16.5. The van der Waals surface area contributed by atoms with E-state index >= 15 is 0 Å². The number of carbonyl (C=O) groups is 1. The largest absolute Gasteiger partial charge is 0.337 e. The van der Waals surface area contributed by atoms with Gasteiger partial charge < -0.3 is 4.90 Å². The highest BCUT2D eigenvalue weighted by Crippen LogP contribution is 2.34. The summed E-state index contributed by atoms with van der Waals surface area (Å²) in [5.41, 5.74) is 3.16. The van der Waals surface area contributed by atoms with Gasteiger partial charge in [0, 0.05) is 18.5 Å². The monoisotopic (exact) mass is 360 g/mol. The molecule has 2 unspecified atom stereocenters. The number of hydrogen-bond donors (Lipinski definition) is 0. The second-order valence-corrected chi connectivity index (χ2v) is 8.01. The third kappa shape index (κ3) is 2.91. The van der Waals surface area contributed by atoms with Gasteiger partial charge in [0.15, 0.2) is 5.65 Å². The minimum Gasteiger partial charge on any atom is -0.337 e. The van der Waals surface area contributed by atoms with Gasteiger partial charge in [-0.3, -0.25) is 4.79 Å². The van der Waals surface area contributed by atoms with E-state index in [9.17, 15) is 4.79 Å².